The number of hydrogen-bond donors (Lipinski definition) is 0. The molecule has 2 rings (SSSR count). The van der Waals surface area contributed by atoms with Crippen LogP contribution in [-0.4, -0.2) is 4.98 Å². The van der Waals surface area contributed by atoms with E-state index in [2.05, 4.69) is 66.0 Å². The number of pyridine rings is 1. The topological polar surface area (TPSA) is 12.9 Å². The number of aromatic nitrogens is 1. The van der Waals surface area contributed by atoms with Gasteiger partial charge in [-0.05, 0) is 46.0 Å². The fourth-order valence-electron chi connectivity index (χ4n) is 1.75. The third kappa shape index (κ3) is 1.91. The zero-order valence-electron chi connectivity index (χ0n) is 9.21. The van der Waals surface area contributed by atoms with Crippen LogP contribution in [-0.2, 0) is 0 Å². The Hall–Kier alpha value is -0.890. The number of halogens is 1. The molecule has 0 atom stereocenters. The normalized spacial score (nSPS) is 11.3. The second-order valence-corrected chi connectivity index (χ2v) is 4.92. The van der Waals surface area contributed by atoms with Gasteiger partial charge in [0.15, 0.2) is 0 Å². The molecule has 0 saturated heterocycles. The summed E-state index contributed by atoms with van der Waals surface area (Å²) in [7, 11) is 0. The van der Waals surface area contributed by atoms with Gasteiger partial charge >= 0.3 is 0 Å². The number of benzene rings is 1. The maximum atomic E-state index is 4.61. The van der Waals surface area contributed by atoms with Crippen LogP contribution in [0.1, 0.15) is 30.9 Å². The van der Waals surface area contributed by atoms with Gasteiger partial charge in [0.25, 0.3) is 0 Å². The molecule has 78 valence electrons. The lowest BCUT2D eigenvalue weighted by Gasteiger charge is -2.10. The first kappa shape index (κ1) is 10.6. The molecule has 2 heteroatoms. The van der Waals surface area contributed by atoms with Crippen molar-refractivity contribution in [3.05, 3.63) is 40.0 Å². The molecule has 1 nitrogen and oxygen atoms in total. The quantitative estimate of drug-likeness (QED) is 0.694. The van der Waals surface area contributed by atoms with Crippen LogP contribution in [0.5, 0.6) is 0 Å². The van der Waals surface area contributed by atoms with E-state index in [0.29, 0.717) is 5.92 Å². The lowest BCUT2D eigenvalue weighted by Crippen LogP contribution is -1.94. The van der Waals surface area contributed by atoms with E-state index in [1.54, 1.807) is 0 Å². The highest BCUT2D eigenvalue weighted by atomic mass is 79.9. The summed E-state index contributed by atoms with van der Waals surface area (Å²) < 4.78 is 0.972. The van der Waals surface area contributed by atoms with E-state index < -0.39 is 0 Å². The van der Waals surface area contributed by atoms with Crippen molar-refractivity contribution in [2.45, 2.75) is 26.7 Å². The molecule has 0 aliphatic carbocycles. The summed E-state index contributed by atoms with van der Waals surface area (Å²) in [6.45, 7) is 6.46. The third-order valence-corrected chi connectivity index (χ3v) is 3.29. The van der Waals surface area contributed by atoms with Crippen LogP contribution in [0, 0.1) is 6.92 Å². The molecular formula is C13H14BrN. The predicted molar refractivity (Wildman–Crippen MR) is 68.3 cm³/mol. The fourth-order valence-corrected chi connectivity index (χ4v) is 2.50. The van der Waals surface area contributed by atoms with Crippen LogP contribution >= 0.6 is 15.9 Å². The molecule has 0 bridgehead atoms. The number of fused-ring (bicyclic) bond motifs is 1. The standard InChI is InChI=1S/C13H14BrN/c1-8(2)11-7-10-6-4-5-9(3)12(10)15-13(11)14/h4-8H,1-3H3. The molecule has 0 radical (unpaired) electrons. The van der Waals surface area contributed by atoms with E-state index in [0.717, 1.165) is 10.1 Å². The Morgan fingerprint density at radius 3 is 2.67 bits per heavy atom. The molecule has 1 heterocycles. The van der Waals surface area contributed by atoms with Crippen molar-refractivity contribution < 1.29 is 0 Å². The summed E-state index contributed by atoms with van der Waals surface area (Å²) in [6, 6.07) is 8.52. The van der Waals surface area contributed by atoms with Gasteiger partial charge in [-0.25, -0.2) is 4.98 Å². The highest BCUT2D eigenvalue weighted by molar-refractivity contribution is 9.10. The van der Waals surface area contributed by atoms with Gasteiger partial charge in [-0.1, -0.05) is 32.0 Å². The summed E-state index contributed by atoms with van der Waals surface area (Å²) in [5.41, 5.74) is 3.59. The van der Waals surface area contributed by atoms with Crippen molar-refractivity contribution in [1.29, 1.82) is 0 Å². The Morgan fingerprint density at radius 2 is 2.00 bits per heavy atom. The van der Waals surface area contributed by atoms with Crippen LogP contribution in [0.25, 0.3) is 10.9 Å². The largest absolute Gasteiger partial charge is 0.240 e. The molecular weight excluding hydrogens is 250 g/mol. The highest BCUT2D eigenvalue weighted by Gasteiger charge is 2.08. The average molecular weight is 264 g/mol. The maximum absolute atomic E-state index is 4.61. The minimum Gasteiger partial charge on any atom is -0.240 e. The number of nitrogens with zero attached hydrogens (tertiary/aromatic N) is 1. The van der Waals surface area contributed by atoms with E-state index >= 15 is 0 Å². The summed E-state index contributed by atoms with van der Waals surface area (Å²) in [5, 5.41) is 1.22. The second-order valence-electron chi connectivity index (χ2n) is 4.17. The smallest absolute Gasteiger partial charge is 0.110 e. The van der Waals surface area contributed by atoms with E-state index in [1.165, 1.54) is 16.5 Å². The molecule has 0 aliphatic heterocycles. The molecule has 2 aromatic rings. The van der Waals surface area contributed by atoms with Gasteiger partial charge in [0.05, 0.1) is 5.52 Å². The molecule has 0 N–H and O–H groups in total. The zero-order chi connectivity index (χ0) is 11.0. The minimum absolute atomic E-state index is 0.497. The van der Waals surface area contributed by atoms with Gasteiger partial charge in [-0.3, -0.25) is 0 Å². The van der Waals surface area contributed by atoms with Crippen molar-refractivity contribution in [3.8, 4) is 0 Å². The van der Waals surface area contributed by atoms with Crippen LogP contribution in [0.15, 0.2) is 28.9 Å². The van der Waals surface area contributed by atoms with Gasteiger partial charge in [0.2, 0.25) is 0 Å². The summed E-state index contributed by atoms with van der Waals surface area (Å²) in [5.74, 6) is 0.497. The van der Waals surface area contributed by atoms with Gasteiger partial charge in [0, 0.05) is 5.39 Å². The molecule has 1 aromatic carbocycles. The Kier molecular flexibility index (Phi) is 2.79. The van der Waals surface area contributed by atoms with Crippen LogP contribution in [0.4, 0.5) is 0 Å². The molecule has 0 unspecified atom stereocenters. The first-order valence-electron chi connectivity index (χ1n) is 5.15. The third-order valence-electron chi connectivity index (χ3n) is 2.65. The fraction of sp³-hybridized carbons (Fsp3) is 0.308. The van der Waals surface area contributed by atoms with Crippen molar-refractivity contribution >= 4 is 26.8 Å². The Bertz CT molecular complexity index is 503. The minimum atomic E-state index is 0.497. The number of aryl methyl sites for hydroxylation is 1. The van der Waals surface area contributed by atoms with Crippen molar-refractivity contribution in [2.75, 3.05) is 0 Å². The van der Waals surface area contributed by atoms with Crippen molar-refractivity contribution in [3.63, 3.8) is 0 Å². The van der Waals surface area contributed by atoms with Gasteiger partial charge < -0.3 is 0 Å². The zero-order valence-corrected chi connectivity index (χ0v) is 10.8. The molecule has 0 saturated carbocycles. The Morgan fingerprint density at radius 1 is 1.27 bits per heavy atom. The van der Waals surface area contributed by atoms with Crippen LogP contribution < -0.4 is 0 Å². The van der Waals surface area contributed by atoms with Crippen LogP contribution in [0.3, 0.4) is 0 Å². The first-order valence-corrected chi connectivity index (χ1v) is 5.94. The summed E-state index contributed by atoms with van der Waals surface area (Å²) >= 11 is 3.54. The maximum Gasteiger partial charge on any atom is 0.110 e. The number of hydrogen-bond acceptors (Lipinski definition) is 1. The van der Waals surface area contributed by atoms with Gasteiger partial charge in [0.1, 0.15) is 4.60 Å². The van der Waals surface area contributed by atoms with E-state index in [4.69, 9.17) is 0 Å². The predicted octanol–water partition coefficient (Wildman–Crippen LogP) is 4.43. The Labute approximate surface area is 98.7 Å². The van der Waals surface area contributed by atoms with E-state index in [-0.39, 0.29) is 0 Å². The lowest BCUT2D eigenvalue weighted by atomic mass is 10.0. The van der Waals surface area contributed by atoms with Crippen molar-refractivity contribution in [1.82, 2.24) is 4.98 Å². The van der Waals surface area contributed by atoms with Crippen molar-refractivity contribution in [2.24, 2.45) is 0 Å². The lowest BCUT2D eigenvalue weighted by molar-refractivity contribution is 0.854. The molecule has 0 spiro atoms. The molecule has 0 aliphatic rings. The molecule has 15 heavy (non-hydrogen) atoms. The van der Waals surface area contributed by atoms with Crippen LogP contribution in [0.2, 0.25) is 0 Å². The van der Waals surface area contributed by atoms with E-state index in [1.807, 2.05) is 0 Å². The molecule has 0 fully saturated rings. The number of para-hydroxylation sites is 1. The second kappa shape index (κ2) is 3.93. The van der Waals surface area contributed by atoms with E-state index in [9.17, 15) is 0 Å². The number of rotatable bonds is 1. The molecule has 0 amide bonds. The van der Waals surface area contributed by atoms with Gasteiger partial charge in [-0.2, -0.15) is 0 Å². The highest BCUT2D eigenvalue weighted by Crippen LogP contribution is 2.27. The monoisotopic (exact) mass is 263 g/mol. The molecule has 1 aromatic heterocycles. The summed E-state index contributed by atoms with van der Waals surface area (Å²) in [6.07, 6.45) is 0. The average Bonchev–Trinajstić information content (AvgIpc) is 2.18. The SMILES string of the molecule is Cc1cccc2cc(C(C)C)c(Br)nc12. The summed E-state index contributed by atoms with van der Waals surface area (Å²) in [4.78, 5) is 4.61. The Balaban J connectivity index is 2.76. The van der Waals surface area contributed by atoms with Gasteiger partial charge in [-0.15, -0.1) is 0 Å². The first-order chi connectivity index (χ1) is 7.09.